The molecule has 0 aliphatic carbocycles. The Morgan fingerprint density at radius 3 is 2.43 bits per heavy atom. The number of nitrogens with zero attached hydrogens (tertiary/aromatic N) is 1. The van der Waals surface area contributed by atoms with Crippen molar-refractivity contribution in [1.82, 2.24) is 0 Å². The lowest BCUT2D eigenvalue weighted by atomic mass is 9.81. The summed E-state index contributed by atoms with van der Waals surface area (Å²) in [6.07, 6.45) is 1.24. The van der Waals surface area contributed by atoms with Crippen LogP contribution in [0.5, 0.6) is 0 Å². The Balaban J connectivity index is 1.84. The lowest BCUT2D eigenvalue weighted by Gasteiger charge is -2.35. The summed E-state index contributed by atoms with van der Waals surface area (Å²) < 4.78 is 12.6. The monoisotopic (exact) mass is 379 g/mol. The first-order valence-electron chi connectivity index (χ1n) is 10.1. The minimum Gasteiger partial charge on any atom is -0.476 e. The maximum atomic E-state index is 11.6. The first-order valence-corrected chi connectivity index (χ1v) is 10.1. The van der Waals surface area contributed by atoms with E-state index >= 15 is 0 Å². The van der Waals surface area contributed by atoms with Crippen LogP contribution in [-0.4, -0.2) is 28.8 Å². The molecule has 0 saturated heterocycles. The van der Waals surface area contributed by atoms with Crippen molar-refractivity contribution < 1.29 is 14.6 Å². The molecule has 0 saturated carbocycles. The van der Waals surface area contributed by atoms with Gasteiger partial charge in [-0.05, 0) is 43.9 Å². The zero-order valence-electron chi connectivity index (χ0n) is 17.1. The summed E-state index contributed by atoms with van der Waals surface area (Å²) in [5, 5.41) is 11.6. The van der Waals surface area contributed by atoms with E-state index in [9.17, 15) is 5.11 Å². The van der Waals surface area contributed by atoms with Crippen LogP contribution in [-0.2, 0) is 15.1 Å². The molecule has 2 heterocycles. The molecule has 0 amide bonds. The molecule has 1 N–H and O–H groups in total. The molecule has 0 aromatic heterocycles. The molecule has 1 unspecified atom stereocenters. The van der Waals surface area contributed by atoms with E-state index in [-0.39, 0.29) is 5.54 Å². The highest BCUT2D eigenvalue weighted by Crippen LogP contribution is 2.53. The minimum atomic E-state index is -1.35. The van der Waals surface area contributed by atoms with E-state index in [0.717, 1.165) is 29.5 Å². The smallest absolute Gasteiger partial charge is 0.219 e. The number of rotatable bonds is 5. The number of fused-ring (bicyclic) bond motifs is 1. The Kier molecular flexibility index (Phi) is 4.59. The van der Waals surface area contributed by atoms with Crippen molar-refractivity contribution in [3.05, 3.63) is 71.3 Å². The van der Waals surface area contributed by atoms with Gasteiger partial charge in [-0.15, -0.1) is 0 Å². The van der Waals surface area contributed by atoms with Gasteiger partial charge in [-0.1, -0.05) is 67.9 Å². The molecule has 148 valence electrons. The van der Waals surface area contributed by atoms with Gasteiger partial charge in [-0.25, -0.2) is 4.99 Å². The van der Waals surface area contributed by atoms with Crippen molar-refractivity contribution in [3.63, 3.8) is 0 Å². The van der Waals surface area contributed by atoms with Gasteiger partial charge < -0.3 is 14.6 Å². The Hall–Kier alpha value is -2.17. The summed E-state index contributed by atoms with van der Waals surface area (Å²) in [4.78, 5) is 4.64. The molecular weight excluding hydrogens is 350 g/mol. The zero-order chi connectivity index (χ0) is 20.0. The lowest BCUT2D eigenvalue weighted by Crippen LogP contribution is -2.43. The molecule has 2 aromatic rings. The van der Waals surface area contributed by atoms with Crippen LogP contribution >= 0.6 is 0 Å². The van der Waals surface area contributed by atoms with Gasteiger partial charge >= 0.3 is 0 Å². The third-order valence-electron chi connectivity index (χ3n) is 5.75. The third-order valence-corrected chi connectivity index (χ3v) is 5.75. The van der Waals surface area contributed by atoms with E-state index in [2.05, 4.69) is 36.2 Å². The number of aliphatic hydroxyl groups is 1. The molecule has 2 aromatic carbocycles. The standard InChI is InChI=1S/C24H29NO3/c1-5-15-24(17-11-7-6-8-12-17)19-14-10-9-13-18(19)20(28-24)23(4,26)21-25-22(2,3)16-27-21/h6-14,20,26H,5,15-16H2,1-4H3/t20-,23-,24?/m0/s1. The van der Waals surface area contributed by atoms with Crippen molar-refractivity contribution in [2.45, 2.75) is 63.4 Å². The first kappa shape index (κ1) is 19.2. The molecule has 3 atom stereocenters. The maximum absolute atomic E-state index is 11.6. The molecule has 2 aliphatic heterocycles. The molecule has 0 fully saturated rings. The Morgan fingerprint density at radius 2 is 1.79 bits per heavy atom. The van der Waals surface area contributed by atoms with Crippen molar-refractivity contribution in [2.24, 2.45) is 4.99 Å². The van der Waals surface area contributed by atoms with E-state index in [4.69, 9.17) is 9.47 Å². The van der Waals surface area contributed by atoms with Crippen molar-refractivity contribution in [1.29, 1.82) is 0 Å². The summed E-state index contributed by atoms with van der Waals surface area (Å²) in [7, 11) is 0. The Morgan fingerprint density at radius 1 is 1.11 bits per heavy atom. The Bertz CT molecular complexity index is 888. The van der Waals surface area contributed by atoms with Gasteiger partial charge in [0, 0.05) is 0 Å². The highest BCUT2D eigenvalue weighted by Gasteiger charge is 2.54. The van der Waals surface area contributed by atoms with E-state index in [1.165, 1.54) is 0 Å². The zero-order valence-corrected chi connectivity index (χ0v) is 17.1. The average Bonchev–Trinajstić information content (AvgIpc) is 3.22. The van der Waals surface area contributed by atoms with Gasteiger partial charge in [0.25, 0.3) is 0 Å². The van der Waals surface area contributed by atoms with Crippen LogP contribution < -0.4 is 0 Å². The quantitative estimate of drug-likeness (QED) is 0.815. The number of hydrogen-bond donors (Lipinski definition) is 1. The van der Waals surface area contributed by atoms with E-state index in [1.54, 1.807) is 6.92 Å². The van der Waals surface area contributed by atoms with Gasteiger partial charge in [0.15, 0.2) is 5.60 Å². The fourth-order valence-electron chi connectivity index (χ4n) is 4.42. The number of benzene rings is 2. The van der Waals surface area contributed by atoms with E-state index in [0.29, 0.717) is 12.5 Å². The SMILES string of the molecule is CCCC1(c2ccccc2)O[C@H]([C@](C)(O)C2=NC(C)(C)CO2)c2ccccc21. The lowest BCUT2D eigenvalue weighted by molar-refractivity contribution is -0.125. The van der Waals surface area contributed by atoms with Gasteiger partial charge in [-0.2, -0.15) is 0 Å². The van der Waals surface area contributed by atoms with Crippen molar-refractivity contribution in [2.75, 3.05) is 6.61 Å². The molecule has 4 nitrogen and oxygen atoms in total. The molecule has 4 heteroatoms. The topological polar surface area (TPSA) is 51.0 Å². The van der Waals surface area contributed by atoms with Gasteiger partial charge in [0.1, 0.15) is 18.3 Å². The normalized spacial score (nSPS) is 27.6. The molecule has 0 radical (unpaired) electrons. The number of hydrogen-bond acceptors (Lipinski definition) is 4. The van der Waals surface area contributed by atoms with Gasteiger partial charge in [0.2, 0.25) is 5.90 Å². The average molecular weight is 380 g/mol. The largest absolute Gasteiger partial charge is 0.476 e. The second kappa shape index (κ2) is 6.71. The predicted octanol–water partition coefficient (Wildman–Crippen LogP) is 4.76. The van der Waals surface area contributed by atoms with Crippen LogP contribution in [0.3, 0.4) is 0 Å². The summed E-state index contributed by atoms with van der Waals surface area (Å²) in [6, 6.07) is 18.5. The van der Waals surface area contributed by atoms with E-state index < -0.39 is 17.3 Å². The number of aliphatic imine (C=N–C) groups is 1. The van der Waals surface area contributed by atoms with Crippen molar-refractivity contribution in [3.8, 4) is 0 Å². The van der Waals surface area contributed by atoms with Gasteiger partial charge in [-0.3, -0.25) is 0 Å². The second-order valence-corrected chi connectivity index (χ2v) is 8.69. The highest BCUT2D eigenvalue weighted by molar-refractivity contribution is 5.87. The molecule has 4 rings (SSSR count). The first-order chi connectivity index (χ1) is 13.3. The molecule has 2 aliphatic rings. The third kappa shape index (κ3) is 2.96. The fraction of sp³-hybridized carbons (Fsp3) is 0.458. The second-order valence-electron chi connectivity index (χ2n) is 8.69. The molecule has 0 bridgehead atoms. The van der Waals surface area contributed by atoms with Crippen LogP contribution in [0.1, 0.15) is 63.3 Å². The van der Waals surface area contributed by atoms with Crippen LogP contribution in [0.2, 0.25) is 0 Å². The van der Waals surface area contributed by atoms with E-state index in [1.807, 2.05) is 44.2 Å². The van der Waals surface area contributed by atoms with Gasteiger partial charge in [0.05, 0.1) is 5.54 Å². The van der Waals surface area contributed by atoms with Crippen LogP contribution in [0.4, 0.5) is 0 Å². The van der Waals surface area contributed by atoms with Crippen LogP contribution in [0.15, 0.2) is 59.6 Å². The van der Waals surface area contributed by atoms with Crippen molar-refractivity contribution >= 4 is 5.90 Å². The summed E-state index contributed by atoms with van der Waals surface area (Å²) in [5.74, 6) is 0.359. The Labute approximate surface area is 167 Å². The van der Waals surface area contributed by atoms with Crippen LogP contribution in [0, 0.1) is 0 Å². The predicted molar refractivity (Wildman–Crippen MR) is 110 cm³/mol. The molecular formula is C24H29NO3. The molecule has 0 spiro atoms. The summed E-state index contributed by atoms with van der Waals surface area (Å²) >= 11 is 0. The number of ether oxygens (including phenoxy) is 2. The summed E-state index contributed by atoms with van der Waals surface area (Å²) in [6.45, 7) is 8.39. The van der Waals surface area contributed by atoms with Crippen LogP contribution in [0.25, 0.3) is 0 Å². The highest BCUT2D eigenvalue weighted by atomic mass is 16.5. The fourth-order valence-corrected chi connectivity index (χ4v) is 4.42. The maximum Gasteiger partial charge on any atom is 0.219 e. The molecule has 28 heavy (non-hydrogen) atoms. The minimum absolute atomic E-state index is 0.336. The summed E-state index contributed by atoms with van der Waals surface area (Å²) in [5.41, 5.74) is 0.950.